The number of carbonyl (C=O) groups is 1. The number of rotatable bonds is 1. The average molecular weight is 334 g/mol. The van der Waals surface area contributed by atoms with Crippen LogP contribution in [0.3, 0.4) is 0 Å². The lowest BCUT2D eigenvalue weighted by molar-refractivity contribution is -0.120. The van der Waals surface area contributed by atoms with Crippen molar-refractivity contribution in [2.45, 2.75) is 32.2 Å². The quantitative estimate of drug-likeness (QED) is 0.528. The minimum atomic E-state index is -0.318. The van der Waals surface area contributed by atoms with Crippen molar-refractivity contribution in [3.05, 3.63) is 33.0 Å². The molecule has 0 spiro atoms. The molecule has 1 aromatic carbocycles. The van der Waals surface area contributed by atoms with Gasteiger partial charge >= 0.3 is 0 Å². The molecule has 0 N–H and O–H groups in total. The standard InChI is InChI=1S/C16H15NOS3/c1-16(2)13-12(15(19)21-20-13)10-5-3-4-6-11(10)17(16)14(18)9-7-8-9/h3-6,9H,7-8H2,1-2H3. The maximum absolute atomic E-state index is 12.9. The molecule has 1 fully saturated rings. The summed E-state index contributed by atoms with van der Waals surface area (Å²) < 4.78 is 0.939. The Labute approximate surface area is 136 Å². The number of para-hydroxylation sites is 1. The predicted octanol–water partition coefficient (Wildman–Crippen LogP) is 5.20. The molecule has 21 heavy (non-hydrogen) atoms. The Morgan fingerprint density at radius 2 is 2.00 bits per heavy atom. The Bertz CT molecular complexity index is 798. The van der Waals surface area contributed by atoms with Gasteiger partial charge in [0.15, 0.2) is 0 Å². The molecule has 1 saturated carbocycles. The summed E-state index contributed by atoms with van der Waals surface area (Å²) in [6, 6.07) is 8.17. The number of amides is 1. The highest BCUT2D eigenvalue weighted by atomic mass is 32.9. The third-order valence-corrected chi connectivity index (χ3v) is 7.64. The van der Waals surface area contributed by atoms with Gasteiger partial charge in [-0.3, -0.25) is 4.79 Å². The molecule has 1 aliphatic carbocycles. The highest BCUT2D eigenvalue weighted by Crippen LogP contribution is 2.53. The lowest BCUT2D eigenvalue weighted by atomic mass is 9.87. The summed E-state index contributed by atoms with van der Waals surface area (Å²) in [5, 5.41) is 0. The maximum atomic E-state index is 12.9. The van der Waals surface area contributed by atoms with Gasteiger partial charge in [-0.15, -0.1) is 0 Å². The lowest BCUT2D eigenvalue weighted by Crippen LogP contribution is -2.48. The van der Waals surface area contributed by atoms with E-state index >= 15 is 0 Å². The van der Waals surface area contributed by atoms with Crippen LogP contribution in [0.15, 0.2) is 24.3 Å². The van der Waals surface area contributed by atoms with Crippen molar-refractivity contribution in [1.29, 1.82) is 0 Å². The molecule has 0 bridgehead atoms. The zero-order valence-corrected chi connectivity index (χ0v) is 14.3. The van der Waals surface area contributed by atoms with Crippen LogP contribution in [0.2, 0.25) is 0 Å². The number of carbonyl (C=O) groups excluding carboxylic acids is 1. The largest absolute Gasteiger partial charge is 0.301 e. The number of hydrogen-bond donors (Lipinski definition) is 0. The third kappa shape index (κ3) is 1.87. The fraction of sp³-hybridized carbons (Fsp3) is 0.375. The molecular weight excluding hydrogens is 318 g/mol. The minimum Gasteiger partial charge on any atom is -0.301 e. The fourth-order valence-corrected chi connectivity index (χ4v) is 6.37. The molecule has 2 aromatic rings. The minimum absolute atomic E-state index is 0.213. The molecule has 0 atom stereocenters. The molecule has 2 nitrogen and oxygen atoms in total. The summed E-state index contributed by atoms with van der Waals surface area (Å²) in [6.45, 7) is 4.28. The summed E-state index contributed by atoms with van der Waals surface area (Å²) >= 11 is 5.54. The van der Waals surface area contributed by atoms with Crippen LogP contribution < -0.4 is 4.90 Å². The molecule has 0 unspecified atom stereocenters. The number of anilines is 1. The molecule has 1 aromatic heterocycles. The molecule has 2 aliphatic rings. The molecule has 2 heterocycles. The monoisotopic (exact) mass is 333 g/mol. The highest BCUT2D eigenvalue weighted by molar-refractivity contribution is 7.80. The lowest BCUT2D eigenvalue weighted by Gasteiger charge is -2.43. The van der Waals surface area contributed by atoms with Gasteiger partial charge in [-0.1, -0.05) is 51.1 Å². The van der Waals surface area contributed by atoms with E-state index in [-0.39, 0.29) is 17.4 Å². The van der Waals surface area contributed by atoms with Gasteiger partial charge in [0.25, 0.3) is 0 Å². The van der Waals surface area contributed by atoms with E-state index in [2.05, 4.69) is 26.0 Å². The molecule has 4 rings (SSSR count). The summed E-state index contributed by atoms with van der Waals surface area (Å²) in [7, 11) is 3.36. The van der Waals surface area contributed by atoms with Crippen LogP contribution in [0.5, 0.6) is 0 Å². The van der Waals surface area contributed by atoms with Crippen LogP contribution in [-0.4, -0.2) is 5.91 Å². The predicted molar refractivity (Wildman–Crippen MR) is 91.7 cm³/mol. The van der Waals surface area contributed by atoms with E-state index < -0.39 is 0 Å². The first-order valence-electron chi connectivity index (χ1n) is 7.09. The third-order valence-electron chi connectivity index (χ3n) is 4.31. The van der Waals surface area contributed by atoms with Crippen LogP contribution in [0.25, 0.3) is 11.1 Å². The number of benzene rings is 1. The van der Waals surface area contributed by atoms with E-state index in [1.165, 1.54) is 10.4 Å². The Hall–Kier alpha value is -1.04. The topological polar surface area (TPSA) is 20.3 Å². The smallest absolute Gasteiger partial charge is 0.230 e. The van der Waals surface area contributed by atoms with E-state index in [9.17, 15) is 4.79 Å². The second-order valence-electron chi connectivity index (χ2n) is 6.18. The molecular formula is C16H15NOS3. The van der Waals surface area contributed by atoms with Crippen LogP contribution >= 0.6 is 32.9 Å². The van der Waals surface area contributed by atoms with E-state index in [0.29, 0.717) is 0 Å². The van der Waals surface area contributed by atoms with E-state index in [1.807, 2.05) is 17.0 Å². The molecule has 1 aliphatic heterocycles. The van der Waals surface area contributed by atoms with Gasteiger partial charge in [-0.25, -0.2) is 0 Å². The second-order valence-corrected chi connectivity index (χ2v) is 9.00. The summed E-state index contributed by atoms with van der Waals surface area (Å²) in [5.41, 5.74) is 2.98. The van der Waals surface area contributed by atoms with Gasteiger partial charge in [-0.05, 0) is 32.8 Å². The Kier molecular flexibility index (Phi) is 2.90. The van der Waals surface area contributed by atoms with Crippen molar-refractivity contribution in [2.75, 3.05) is 4.90 Å². The van der Waals surface area contributed by atoms with Gasteiger partial charge in [-0.2, -0.15) is 0 Å². The zero-order chi connectivity index (χ0) is 14.8. The molecule has 0 saturated heterocycles. The van der Waals surface area contributed by atoms with Crippen molar-refractivity contribution in [1.82, 2.24) is 0 Å². The molecule has 0 radical (unpaired) electrons. The van der Waals surface area contributed by atoms with Crippen LogP contribution in [0, 0.1) is 9.74 Å². The summed E-state index contributed by atoms with van der Waals surface area (Å²) in [5.74, 6) is 0.480. The SMILES string of the molecule is CC1(C)c2ssc(=S)c2-c2ccccc2N1C(=O)C1CC1. The van der Waals surface area contributed by atoms with Crippen molar-refractivity contribution >= 4 is 44.5 Å². The second kappa shape index (κ2) is 4.48. The number of fused-ring (bicyclic) bond motifs is 3. The van der Waals surface area contributed by atoms with Crippen LogP contribution in [0.4, 0.5) is 5.69 Å². The fourth-order valence-electron chi connectivity index (χ4n) is 3.09. The summed E-state index contributed by atoms with van der Waals surface area (Å²) in [6.07, 6.45) is 2.06. The van der Waals surface area contributed by atoms with Crippen molar-refractivity contribution in [2.24, 2.45) is 5.92 Å². The summed E-state index contributed by atoms with van der Waals surface area (Å²) in [4.78, 5) is 16.1. The highest BCUT2D eigenvalue weighted by Gasteiger charge is 2.46. The molecule has 5 heteroatoms. The average Bonchev–Trinajstić information content (AvgIpc) is 3.22. The van der Waals surface area contributed by atoms with Crippen molar-refractivity contribution < 1.29 is 4.79 Å². The van der Waals surface area contributed by atoms with Gasteiger partial charge in [0, 0.05) is 17.0 Å². The van der Waals surface area contributed by atoms with Crippen LogP contribution in [0.1, 0.15) is 31.6 Å². The van der Waals surface area contributed by atoms with E-state index in [4.69, 9.17) is 12.2 Å². The van der Waals surface area contributed by atoms with E-state index in [1.54, 1.807) is 20.7 Å². The number of nitrogens with zero attached hydrogens (tertiary/aromatic N) is 1. The first-order chi connectivity index (χ1) is 10.0. The zero-order valence-electron chi connectivity index (χ0n) is 11.9. The van der Waals surface area contributed by atoms with Gasteiger partial charge in [0.2, 0.25) is 5.91 Å². The normalized spacial score (nSPS) is 19.0. The Morgan fingerprint density at radius 3 is 2.71 bits per heavy atom. The maximum Gasteiger partial charge on any atom is 0.230 e. The van der Waals surface area contributed by atoms with Gasteiger partial charge in [0.05, 0.1) is 16.1 Å². The Morgan fingerprint density at radius 1 is 1.29 bits per heavy atom. The number of hydrogen-bond acceptors (Lipinski definition) is 4. The molecule has 1 amide bonds. The molecule has 108 valence electrons. The first kappa shape index (κ1) is 13.6. The van der Waals surface area contributed by atoms with Crippen molar-refractivity contribution in [3.63, 3.8) is 0 Å². The Balaban J connectivity index is 2.01. The first-order valence-corrected chi connectivity index (χ1v) is 9.64. The van der Waals surface area contributed by atoms with E-state index in [0.717, 1.165) is 27.9 Å². The van der Waals surface area contributed by atoms with Crippen molar-refractivity contribution in [3.8, 4) is 11.1 Å². The van der Waals surface area contributed by atoms with Gasteiger partial charge < -0.3 is 4.90 Å². The van der Waals surface area contributed by atoms with Crippen LogP contribution in [-0.2, 0) is 10.3 Å². The van der Waals surface area contributed by atoms with Gasteiger partial charge in [0.1, 0.15) is 3.82 Å².